The summed E-state index contributed by atoms with van der Waals surface area (Å²) in [6, 6.07) is 4.36. The van der Waals surface area contributed by atoms with E-state index in [-0.39, 0.29) is 12.1 Å². The third-order valence-electron chi connectivity index (χ3n) is 4.53. The van der Waals surface area contributed by atoms with E-state index in [4.69, 9.17) is 0 Å². The number of likely N-dealkylation sites (tertiary alicyclic amines) is 1. The molecule has 1 N–H and O–H groups in total. The van der Waals surface area contributed by atoms with Crippen molar-refractivity contribution in [2.24, 2.45) is 0 Å². The van der Waals surface area contributed by atoms with Crippen molar-refractivity contribution in [1.82, 2.24) is 24.4 Å². The molecule has 7 nitrogen and oxygen atoms in total. The summed E-state index contributed by atoms with van der Waals surface area (Å²) in [5.74, 6) is 2.93. The van der Waals surface area contributed by atoms with Crippen LogP contribution in [0.25, 0.3) is 5.65 Å². The van der Waals surface area contributed by atoms with Crippen molar-refractivity contribution in [3.63, 3.8) is 0 Å². The zero-order chi connectivity index (χ0) is 16.5. The van der Waals surface area contributed by atoms with Crippen LogP contribution in [0, 0.1) is 6.92 Å². The molecule has 128 valence electrons. The summed E-state index contributed by atoms with van der Waals surface area (Å²) < 4.78 is 1.79. The zero-order valence-corrected chi connectivity index (χ0v) is 14.6. The number of aryl methyl sites for hydroxylation is 1. The highest BCUT2D eigenvalue weighted by Gasteiger charge is 2.30. The van der Waals surface area contributed by atoms with Crippen molar-refractivity contribution in [2.45, 2.75) is 19.4 Å². The van der Waals surface area contributed by atoms with Crippen LogP contribution in [0.2, 0.25) is 0 Å². The number of imidazole rings is 1. The number of carbonyl (C=O) groups is 1. The van der Waals surface area contributed by atoms with Gasteiger partial charge in [-0.25, -0.2) is 14.3 Å². The monoisotopic (exact) mass is 346 g/mol. The lowest BCUT2D eigenvalue weighted by Gasteiger charge is -2.30. The number of nitrogens with one attached hydrogen (secondary N) is 1. The standard InChI is InChI=1S/C16H22N6OS/c1-12-10-22-15(17-12)3-2-14(19-22)18-13-4-5-21(11-13)16(23)20-6-8-24-9-7-20/h2-3,10,13H,4-9,11H2,1H3,(H,18,19)/t13-/m1/s1. The molecule has 4 rings (SSSR count). The van der Waals surface area contributed by atoms with Gasteiger partial charge in [-0.1, -0.05) is 0 Å². The Morgan fingerprint density at radius 1 is 1.25 bits per heavy atom. The number of urea groups is 1. The Morgan fingerprint density at radius 3 is 2.92 bits per heavy atom. The van der Waals surface area contributed by atoms with Crippen LogP contribution >= 0.6 is 11.8 Å². The minimum absolute atomic E-state index is 0.188. The summed E-state index contributed by atoms with van der Waals surface area (Å²) in [7, 11) is 0. The minimum atomic E-state index is 0.188. The molecule has 0 aliphatic carbocycles. The van der Waals surface area contributed by atoms with Crippen LogP contribution in [0.5, 0.6) is 0 Å². The van der Waals surface area contributed by atoms with Crippen LogP contribution in [-0.2, 0) is 0 Å². The number of anilines is 1. The van der Waals surface area contributed by atoms with Crippen molar-refractivity contribution >= 4 is 29.3 Å². The number of aromatic nitrogens is 3. The first kappa shape index (κ1) is 15.6. The lowest BCUT2D eigenvalue weighted by Crippen LogP contribution is -2.46. The molecule has 8 heteroatoms. The third kappa shape index (κ3) is 3.15. The van der Waals surface area contributed by atoms with E-state index < -0.39 is 0 Å². The van der Waals surface area contributed by atoms with Crippen molar-refractivity contribution in [2.75, 3.05) is 43.0 Å². The largest absolute Gasteiger partial charge is 0.364 e. The lowest BCUT2D eigenvalue weighted by atomic mass is 10.2. The van der Waals surface area contributed by atoms with Gasteiger partial charge in [0, 0.05) is 43.7 Å². The zero-order valence-electron chi connectivity index (χ0n) is 13.8. The number of carbonyl (C=O) groups excluding carboxylic acids is 1. The summed E-state index contributed by atoms with van der Waals surface area (Å²) in [6.45, 7) is 5.26. The molecule has 2 saturated heterocycles. The van der Waals surface area contributed by atoms with Gasteiger partial charge in [-0.15, -0.1) is 5.10 Å². The number of hydrogen-bond donors (Lipinski definition) is 1. The molecular weight excluding hydrogens is 324 g/mol. The molecule has 0 saturated carbocycles. The van der Waals surface area contributed by atoms with Crippen LogP contribution in [0.3, 0.4) is 0 Å². The second kappa shape index (κ2) is 6.51. The van der Waals surface area contributed by atoms with Crippen LogP contribution in [0.1, 0.15) is 12.1 Å². The van der Waals surface area contributed by atoms with Crippen LogP contribution in [0.4, 0.5) is 10.6 Å². The summed E-state index contributed by atoms with van der Waals surface area (Å²) in [5.41, 5.74) is 1.81. The van der Waals surface area contributed by atoms with E-state index >= 15 is 0 Å². The van der Waals surface area contributed by atoms with Gasteiger partial charge in [0.25, 0.3) is 0 Å². The van der Waals surface area contributed by atoms with E-state index in [2.05, 4.69) is 15.4 Å². The van der Waals surface area contributed by atoms with Crippen LogP contribution in [0.15, 0.2) is 18.3 Å². The molecule has 0 radical (unpaired) electrons. The summed E-state index contributed by atoms with van der Waals surface area (Å²) in [6.07, 6.45) is 2.87. The maximum Gasteiger partial charge on any atom is 0.320 e. The van der Waals surface area contributed by atoms with E-state index in [1.54, 1.807) is 4.52 Å². The molecule has 2 aromatic rings. The molecule has 2 aliphatic heterocycles. The van der Waals surface area contributed by atoms with Gasteiger partial charge in [-0.05, 0) is 25.5 Å². The number of nitrogens with zero attached hydrogens (tertiary/aromatic N) is 5. The van der Waals surface area contributed by atoms with Gasteiger partial charge >= 0.3 is 6.03 Å². The molecule has 0 bridgehead atoms. The summed E-state index contributed by atoms with van der Waals surface area (Å²) in [5, 5.41) is 8.00. The molecular formula is C16H22N6OS. The normalized spacial score (nSPS) is 21.5. The fourth-order valence-electron chi connectivity index (χ4n) is 3.29. The molecule has 2 amide bonds. The fraction of sp³-hybridized carbons (Fsp3) is 0.562. The first-order chi connectivity index (χ1) is 11.7. The van der Waals surface area contributed by atoms with E-state index in [1.165, 1.54) is 0 Å². The highest BCUT2D eigenvalue weighted by molar-refractivity contribution is 7.99. The summed E-state index contributed by atoms with van der Waals surface area (Å²) >= 11 is 1.92. The van der Waals surface area contributed by atoms with Crippen molar-refractivity contribution < 1.29 is 4.79 Å². The highest BCUT2D eigenvalue weighted by atomic mass is 32.2. The fourth-order valence-corrected chi connectivity index (χ4v) is 4.20. The van der Waals surface area contributed by atoms with Gasteiger partial charge in [0.15, 0.2) is 5.65 Å². The number of rotatable bonds is 2. The van der Waals surface area contributed by atoms with Gasteiger partial charge in [0.2, 0.25) is 0 Å². The molecule has 2 fully saturated rings. The van der Waals surface area contributed by atoms with Gasteiger partial charge in [-0.2, -0.15) is 11.8 Å². The van der Waals surface area contributed by atoms with E-state index in [0.717, 1.165) is 61.3 Å². The Balaban J connectivity index is 1.38. The highest BCUT2D eigenvalue weighted by Crippen LogP contribution is 2.18. The van der Waals surface area contributed by atoms with Gasteiger partial charge in [0.1, 0.15) is 5.82 Å². The first-order valence-electron chi connectivity index (χ1n) is 8.40. The van der Waals surface area contributed by atoms with Crippen molar-refractivity contribution in [3.8, 4) is 0 Å². The maximum absolute atomic E-state index is 12.6. The number of hydrogen-bond acceptors (Lipinski definition) is 5. The van der Waals surface area contributed by atoms with E-state index in [1.807, 2.05) is 46.8 Å². The average Bonchev–Trinajstić information content (AvgIpc) is 3.20. The molecule has 0 unspecified atom stereocenters. The molecule has 2 aliphatic rings. The molecule has 2 aromatic heterocycles. The van der Waals surface area contributed by atoms with E-state index in [9.17, 15) is 4.79 Å². The van der Waals surface area contributed by atoms with Gasteiger partial charge < -0.3 is 15.1 Å². The topological polar surface area (TPSA) is 65.8 Å². The predicted octanol–water partition coefficient (Wildman–Crippen LogP) is 1.69. The smallest absolute Gasteiger partial charge is 0.320 e. The van der Waals surface area contributed by atoms with Crippen molar-refractivity contribution in [1.29, 1.82) is 0 Å². The van der Waals surface area contributed by atoms with Crippen molar-refractivity contribution in [3.05, 3.63) is 24.0 Å². The molecule has 0 spiro atoms. The van der Waals surface area contributed by atoms with Crippen LogP contribution in [-0.4, -0.2) is 74.2 Å². The second-order valence-corrected chi connectivity index (χ2v) is 7.59. The molecule has 1 atom stereocenters. The molecule has 24 heavy (non-hydrogen) atoms. The third-order valence-corrected chi connectivity index (χ3v) is 5.48. The predicted molar refractivity (Wildman–Crippen MR) is 95.6 cm³/mol. The van der Waals surface area contributed by atoms with Gasteiger partial charge in [-0.3, -0.25) is 0 Å². The lowest BCUT2D eigenvalue weighted by molar-refractivity contribution is 0.167. The Labute approximate surface area is 145 Å². The van der Waals surface area contributed by atoms with E-state index in [0.29, 0.717) is 0 Å². The average molecular weight is 346 g/mol. The second-order valence-electron chi connectivity index (χ2n) is 6.36. The number of fused-ring (bicyclic) bond motifs is 1. The quantitative estimate of drug-likeness (QED) is 0.896. The Hall–Kier alpha value is -1.96. The Bertz CT molecular complexity index is 741. The maximum atomic E-state index is 12.6. The SMILES string of the molecule is Cc1cn2nc(N[C@@H]3CCN(C(=O)N4CCSCC4)C3)ccc2n1. The van der Waals surface area contributed by atoms with Crippen LogP contribution < -0.4 is 5.32 Å². The summed E-state index contributed by atoms with van der Waals surface area (Å²) in [4.78, 5) is 20.9. The first-order valence-corrected chi connectivity index (χ1v) is 9.56. The number of thioether (sulfide) groups is 1. The molecule has 0 aromatic carbocycles. The Kier molecular flexibility index (Phi) is 4.22. The number of amides is 2. The molecule has 4 heterocycles. The Morgan fingerprint density at radius 2 is 2.08 bits per heavy atom. The van der Waals surface area contributed by atoms with Gasteiger partial charge in [0.05, 0.1) is 11.9 Å². The minimum Gasteiger partial charge on any atom is -0.364 e.